The summed E-state index contributed by atoms with van der Waals surface area (Å²) in [6.07, 6.45) is 6.99. The van der Waals surface area contributed by atoms with Crippen LogP contribution in [0.3, 0.4) is 0 Å². The van der Waals surface area contributed by atoms with Crippen LogP contribution in [0.25, 0.3) is 0 Å². The van der Waals surface area contributed by atoms with Crippen molar-refractivity contribution in [3.05, 3.63) is 10.1 Å². The predicted molar refractivity (Wildman–Crippen MR) is 46.4 cm³/mol. The quantitative estimate of drug-likeness (QED) is 0.526. The van der Waals surface area contributed by atoms with Crippen molar-refractivity contribution in [2.45, 2.75) is 38.5 Å². The van der Waals surface area contributed by atoms with Gasteiger partial charge in [-0.2, -0.15) is 0 Å². The third kappa shape index (κ3) is 2.51. The second kappa shape index (κ2) is 4.25. The second-order valence-corrected chi connectivity index (χ2v) is 3.64. The molecule has 0 nitrogen and oxygen atoms in total. The normalized spacial score (nSPS) is 22.2. The van der Waals surface area contributed by atoms with Crippen molar-refractivity contribution in [1.82, 2.24) is 0 Å². The molecule has 10 heavy (non-hydrogen) atoms. The van der Waals surface area contributed by atoms with E-state index in [-0.39, 0.29) is 0 Å². The van der Waals surface area contributed by atoms with Gasteiger partial charge in [-0.05, 0) is 25.7 Å². The van der Waals surface area contributed by atoms with Crippen molar-refractivity contribution in [2.24, 2.45) is 0 Å². The lowest BCUT2D eigenvalue weighted by Gasteiger charge is -2.08. The van der Waals surface area contributed by atoms with E-state index in [1.165, 1.54) is 25.7 Å². The average Bonchev–Trinajstić information content (AvgIpc) is 1.92. The molecule has 0 aromatic rings. The van der Waals surface area contributed by atoms with Gasteiger partial charge in [0.05, 0.1) is 0 Å². The van der Waals surface area contributed by atoms with Gasteiger partial charge in [-0.1, -0.05) is 36.0 Å². The molecule has 0 aromatic heterocycles. The molecule has 2 heteroatoms. The van der Waals surface area contributed by atoms with E-state index in [1.54, 1.807) is 0 Å². The standard InChI is InChI=1S/C8H12Cl2/c9-7-5-3-1-2-4-6-8(7)10/h1-6H2. The molecule has 0 atom stereocenters. The van der Waals surface area contributed by atoms with Crippen LogP contribution in [0, 0.1) is 0 Å². The molecule has 58 valence electrons. The van der Waals surface area contributed by atoms with Crippen LogP contribution in [-0.2, 0) is 0 Å². The van der Waals surface area contributed by atoms with Gasteiger partial charge in [0, 0.05) is 10.1 Å². The second-order valence-electron chi connectivity index (χ2n) is 2.72. The van der Waals surface area contributed by atoms with Crippen molar-refractivity contribution >= 4 is 23.2 Å². The van der Waals surface area contributed by atoms with E-state index >= 15 is 0 Å². The summed E-state index contributed by atoms with van der Waals surface area (Å²) in [4.78, 5) is 0. The Morgan fingerprint density at radius 1 is 0.700 bits per heavy atom. The zero-order chi connectivity index (χ0) is 7.40. The maximum absolute atomic E-state index is 5.89. The molecule has 0 amide bonds. The molecule has 0 unspecified atom stereocenters. The highest BCUT2D eigenvalue weighted by atomic mass is 35.5. The van der Waals surface area contributed by atoms with Crippen LogP contribution in [-0.4, -0.2) is 0 Å². The number of rotatable bonds is 0. The molecule has 0 N–H and O–H groups in total. The lowest BCUT2D eigenvalue weighted by Crippen LogP contribution is -1.88. The number of halogens is 2. The molecule has 0 saturated heterocycles. The van der Waals surface area contributed by atoms with Gasteiger partial charge in [0.1, 0.15) is 0 Å². The molecule has 0 radical (unpaired) electrons. The van der Waals surface area contributed by atoms with Gasteiger partial charge in [-0.25, -0.2) is 0 Å². The van der Waals surface area contributed by atoms with E-state index in [4.69, 9.17) is 23.2 Å². The van der Waals surface area contributed by atoms with E-state index in [2.05, 4.69) is 0 Å². The molecule has 0 aliphatic heterocycles. The molecule has 0 fully saturated rings. The van der Waals surface area contributed by atoms with E-state index in [1.807, 2.05) is 0 Å². The summed E-state index contributed by atoms with van der Waals surface area (Å²) in [5, 5.41) is 1.78. The highest BCUT2D eigenvalue weighted by Gasteiger charge is 2.05. The Balaban J connectivity index is 2.51. The zero-order valence-corrected chi connectivity index (χ0v) is 7.51. The number of allylic oxidation sites excluding steroid dienone is 2. The minimum Gasteiger partial charge on any atom is -0.0879 e. The van der Waals surface area contributed by atoms with Crippen molar-refractivity contribution in [1.29, 1.82) is 0 Å². The van der Waals surface area contributed by atoms with E-state index in [0.29, 0.717) is 0 Å². The minimum absolute atomic E-state index is 0.890. The van der Waals surface area contributed by atoms with Crippen LogP contribution in [0.15, 0.2) is 10.1 Å². The van der Waals surface area contributed by atoms with Gasteiger partial charge >= 0.3 is 0 Å². The van der Waals surface area contributed by atoms with Crippen molar-refractivity contribution in [2.75, 3.05) is 0 Å². The molecule has 1 aliphatic carbocycles. The first-order valence-electron chi connectivity index (χ1n) is 3.84. The first kappa shape index (κ1) is 8.42. The van der Waals surface area contributed by atoms with Gasteiger partial charge in [-0.3, -0.25) is 0 Å². The van der Waals surface area contributed by atoms with Crippen molar-refractivity contribution < 1.29 is 0 Å². The number of hydrogen-bond donors (Lipinski definition) is 0. The Hall–Kier alpha value is 0.320. The molecule has 0 spiro atoms. The fourth-order valence-corrected chi connectivity index (χ4v) is 1.64. The van der Waals surface area contributed by atoms with Gasteiger partial charge in [-0.15, -0.1) is 0 Å². The third-order valence-corrected chi connectivity index (χ3v) is 2.77. The molecule has 0 aromatic carbocycles. The van der Waals surface area contributed by atoms with Crippen molar-refractivity contribution in [3.8, 4) is 0 Å². The fraction of sp³-hybridized carbons (Fsp3) is 0.750. The summed E-state index contributed by atoms with van der Waals surface area (Å²) in [6, 6.07) is 0. The maximum Gasteiger partial charge on any atom is 0.0325 e. The SMILES string of the molecule is ClC1=C(Cl)CCCCCC1. The van der Waals surface area contributed by atoms with Crippen LogP contribution >= 0.6 is 23.2 Å². The molecule has 1 rings (SSSR count). The van der Waals surface area contributed by atoms with E-state index in [0.717, 1.165) is 22.9 Å². The van der Waals surface area contributed by atoms with Gasteiger partial charge in [0.2, 0.25) is 0 Å². The highest BCUT2D eigenvalue weighted by molar-refractivity contribution is 6.39. The molecule has 0 saturated carbocycles. The smallest absolute Gasteiger partial charge is 0.0325 e. The minimum atomic E-state index is 0.890. The van der Waals surface area contributed by atoms with Gasteiger partial charge < -0.3 is 0 Å². The van der Waals surface area contributed by atoms with Crippen LogP contribution in [0.5, 0.6) is 0 Å². The van der Waals surface area contributed by atoms with Crippen LogP contribution < -0.4 is 0 Å². The van der Waals surface area contributed by atoms with Crippen LogP contribution in [0.2, 0.25) is 0 Å². The average molecular weight is 179 g/mol. The summed E-state index contributed by atoms with van der Waals surface area (Å²) in [7, 11) is 0. The van der Waals surface area contributed by atoms with Gasteiger partial charge in [0.15, 0.2) is 0 Å². The Morgan fingerprint density at radius 2 is 1.10 bits per heavy atom. The van der Waals surface area contributed by atoms with E-state index in [9.17, 15) is 0 Å². The topological polar surface area (TPSA) is 0 Å². The molecular formula is C8H12Cl2. The summed E-state index contributed by atoms with van der Waals surface area (Å²) >= 11 is 11.8. The van der Waals surface area contributed by atoms with Crippen molar-refractivity contribution in [3.63, 3.8) is 0 Å². The first-order valence-corrected chi connectivity index (χ1v) is 4.59. The van der Waals surface area contributed by atoms with Crippen LogP contribution in [0.1, 0.15) is 38.5 Å². The monoisotopic (exact) mass is 178 g/mol. The Morgan fingerprint density at radius 3 is 1.50 bits per heavy atom. The Bertz CT molecular complexity index is 122. The number of hydrogen-bond acceptors (Lipinski definition) is 0. The zero-order valence-electron chi connectivity index (χ0n) is 6.00. The summed E-state index contributed by atoms with van der Waals surface area (Å²) in [5.41, 5.74) is 0. The molecule has 1 aliphatic rings. The molecular weight excluding hydrogens is 167 g/mol. The largest absolute Gasteiger partial charge is 0.0879 e. The highest BCUT2D eigenvalue weighted by Crippen LogP contribution is 2.27. The first-order chi connectivity index (χ1) is 4.80. The maximum atomic E-state index is 5.89. The molecule has 0 bridgehead atoms. The lowest BCUT2D eigenvalue weighted by atomic mass is 10.1. The summed E-state index contributed by atoms with van der Waals surface area (Å²) in [6.45, 7) is 0. The lowest BCUT2D eigenvalue weighted by molar-refractivity contribution is 0.630. The van der Waals surface area contributed by atoms with E-state index < -0.39 is 0 Å². The Labute approximate surface area is 72.2 Å². The summed E-state index contributed by atoms with van der Waals surface area (Å²) < 4.78 is 0. The Kier molecular flexibility index (Phi) is 3.58. The van der Waals surface area contributed by atoms with Crippen LogP contribution in [0.4, 0.5) is 0 Å². The van der Waals surface area contributed by atoms with Gasteiger partial charge in [0.25, 0.3) is 0 Å². The predicted octanol–water partition coefficient (Wildman–Crippen LogP) is 4.03. The summed E-state index contributed by atoms with van der Waals surface area (Å²) in [5.74, 6) is 0. The molecule has 0 heterocycles. The third-order valence-electron chi connectivity index (χ3n) is 1.84. The fourth-order valence-electron chi connectivity index (χ4n) is 1.19.